The molecule has 0 bridgehead atoms. The first-order valence-corrected chi connectivity index (χ1v) is 12.1. The van der Waals surface area contributed by atoms with E-state index >= 15 is 0 Å². The Kier molecular flexibility index (Phi) is 5.76. The van der Waals surface area contributed by atoms with Crippen LogP contribution in [0.5, 0.6) is 11.5 Å². The molecule has 0 spiro atoms. The number of methoxy groups -OCH3 is 1. The van der Waals surface area contributed by atoms with Gasteiger partial charge in [0.15, 0.2) is 11.5 Å². The molecule has 1 fully saturated rings. The molecule has 3 aromatic rings. The van der Waals surface area contributed by atoms with E-state index < -0.39 is 5.66 Å². The lowest BCUT2D eigenvalue weighted by molar-refractivity contribution is -0.118. The zero-order chi connectivity index (χ0) is 24.8. The molecule has 0 radical (unpaired) electrons. The molecule has 3 aromatic carbocycles. The summed E-state index contributed by atoms with van der Waals surface area (Å²) in [5, 5.41) is 3.94. The first-order chi connectivity index (χ1) is 16.7. The van der Waals surface area contributed by atoms with Gasteiger partial charge in [-0.1, -0.05) is 73.5 Å². The lowest BCUT2D eigenvalue weighted by Crippen LogP contribution is -2.58. The zero-order valence-electron chi connectivity index (χ0n) is 20.4. The van der Waals surface area contributed by atoms with Gasteiger partial charge in [-0.05, 0) is 48.4 Å². The number of anilines is 1. The largest absolute Gasteiger partial charge is 0.493 e. The first-order valence-electron chi connectivity index (χ1n) is 11.7. The summed E-state index contributed by atoms with van der Waals surface area (Å²) in [6, 6.07) is 19.9. The fourth-order valence-corrected chi connectivity index (χ4v) is 5.37. The van der Waals surface area contributed by atoms with Crippen LogP contribution in [0, 0.1) is 6.92 Å². The highest BCUT2D eigenvalue weighted by Crippen LogP contribution is 2.53. The third-order valence-electron chi connectivity index (χ3n) is 7.17. The van der Waals surface area contributed by atoms with Crippen molar-refractivity contribution >= 4 is 29.3 Å². The monoisotopic (exact) mass is 488 g/mol. The van der Waals surface area contributed by atoms with Gasteiger partial charge in [0, 0.05) is 21.7 Å². The minimum Gasteiger partial charge on any atom is -0.493 e. The highest BCUT2D eigenvalue weighted by Gasteiger charge is 2.59. The summed E-state index contributed by atoms with van der Waals surface area (Å²) < 4.78 is 11.6. The number of amides is 1. The molecule has 1 amide bonds. The van der Waals surface area contributed by atoms with E-state index in [9.17, 15) is 4.79 Å². The summed E-state index contributed by atoms with van der Waals surface area (Å²) in [5.41, 5.74) is 4.44. The number of aryl methyl sites for hydroxylation is 1. The molecular formula is C29H29ClN2O3. The highest BCUT2D eigenvalue weighted by atomic mass is 35.5. The zero-order valence-corrected chi connectivity index (χ0v) is 21.1. The first kappa shape index (κ1) is 23.3. The predicted octanol–water partition coefficient (Wildman–Crippen LogP) is 5.87. The maximum Gasteiger partial charge on any atom is 0.241 e. The Balaban J connectivity index is 1.44. The molecule has 0 saturated carbocycles. The van der Waals surface area contributed by atoms with E-state index in [4.69, 9.17) is 21.1 Å². The van der Waals surface area contributed by atoms with Crippen molar-refractivity contribution in [2.75, 3.05) is 18.6 Å². The molecule has 2 aliphatic heterocycles. The third-order valence-corrected chi connectivity index (χ3v) is 7.54. The Labute approximate surface area is 211 Å². The van der Waals surface area contributed by atoms with E-state index in [0.717, 1.165) is 16.8 Å². The van der Waals surface area contributed by atoms with Crippen LogP contribution in [0.15, 0.2) is 66.7 Å². The van der Waals surface area contributed by atoms with Gasteiger partial charge >= 0.3 is 0 Å². The fraction of sp³-hybridized carbons (Fsp3) is 0.276. The number of carbonyl (C=O) groups excluding carboxylic acids is 1. The van der Waals surface area contributed by atoms with Crippen molar-refractivity contribution in [3.05, 3.63) is 94.0 Å². The van der Waals surface area contributed by atoms with Crippen LogP contribution in [0.25, 0.3) is 6.08 Å². The molecule has 1 unspecified atom stereocenters. The summed E-state index contributed by atoms with van der Waals surface area (Å²) in [6.07, 6.45) is 4.14. The number of halogens is 1. The molecule has 1 saturated heterocycles. The van der Waals surface area contributed by atoms with Crippen LogP contribution in [-0.2, 0) is 16.8 Å². The van der Waals surface area contributed by atoms with Crippen molar-refractivity contribution in [3.63, 3.8) is 0 Å². The van der Waals surface area contributed by atoms with Gasteiger partial charge in [0.25, 0.3) is 0 Å². The number of carbonyl (C=O) groups is 1. The fourth-order valence-electron chi connectivity index (χ4n) is 5.18. The van der Waals surface area contributed by atoms with Gasteiger partial charge in [-0.25, -0.2) is 0 Å². The second kappa shape index (κ2) is 8.65. The van der Waals surface area contributed by atoms with Crippen LogP contribution in [0.2, 0.25) is 5.02 Å². The minimum absolute atomic E-state index is 0.0230. The van der Waals surface area contributed by atoms with Gasteiger partial charge < -0.3 is 19.7 Å². The van der Waals surface area contributed by atoms with Crippen molar-refractivity contribution in [2.45, 2.75) is 38.5 Å². The molecule has 2 aliphatic rings. The van der Waals surface area contributed by atoms with Crippen LogP contribution in [0.1, 0.15) is 36.1 Å². The number of hydrogen-bond donors (Lipinski definition) is 1. The molecule has 1 atom stereocenters. The van der Waals surface area contributed by atoms with Crippen molar-refractivity contribution in [1.82, 2.24) is 5.32 Å². The van der Waals surface area contributed by atoms with Crippen LogP contribution >= 0.6 is 11.6 Å². The Morgan fingerprint density at radius 3 is 2.66 bits per heavy atom. The van der Waals surface area contributed by atoms with E-state index in [0.29, 0.717) is 29.7 Å². The van der Waals surface area contributed by atoms with Crippen molar-refractivity contribution in [2.24, 2.45) is 0 Å². The van der Waals surface area contributed by atoms with Crippen molar-refractivity contribution < 1.29 is 14.3 Å². The Morgan fingerprint density at radius 2 is 1.89 bits per heavy atom. The SMILES string of the molecule is COc1cc(/C=C/C23NC(=O)CN2c2ccc(C)cc2C3(C)C)ccc1OCc1ccccc1Cl. The summed E-state index contributed by atoms with van der Waals surface area (Å²) in [4.78, 5) is 14.7. The van der Waals surface area contributed by atoms with Crippen molar-refractivity contribution in [1.29, 1.82) is 0 Å². The average Bonchev–Trinajstić information content (AvgIpc) is 3.27. The maximum atomic E-state index is 12.6. The Morgan fingerprint density at radius 1 is 1.09 bits per heavy atom. The second-order valence-electron chi connectivity index (χ2n) is 9.67. The number of rotatable bonds is 6. The van der Waals surface area contributed by atoms with E-state index in [1.54, 1.807) is 7.11 Å². The highest BCUT2D eigenvalue weighted by molar-refractivity contribution is 6.31. The number of nitrogens with one attached hydrogen (secondary N) is 1. The van der Waals surface area contributed by atoms with Crippen LogP contribution < -0.4 is 19.7 Å². The number of benzene rings is 3. The standard InChI is InChI=1S/C29H29ClN2O3/c1-19-9-11-24-22(15-19)28(2,3)29(31-27(33)17-32(24)29)14-13-20-10-12-25(26(16-20)34-4)35-18-21-7-5-6-8-23(21)30/h5-16H,17-18H2,1-4H3,(H,31,33)/b14-13+. The molecule has 2 heterocycles. The minimum atomic E-state index is -0.646. The molecule has 180 valence electrons. The summed E-state index contributed by atoms with van der Waals surface area (Å²) >= 11 is 6.26. The Bertz CT molecular complexity index is 1330. The summed E-state index contributed by atoms with van der Waals surface area (Å²) in [7, 11) is 1.63. The maximum absolute atomic E-state index is 12.6. The molecule has 35 heavy (non-hydrogen) atoms. The quantitative estimate of drug-likeness (QED) is 0.471. The lowest BCUT2D eigenvalue weighted by Gasteiger charge is -2.40. The molecule has 6 heteroatoms. The van der Waals surface area contributed by atoms with Crippen LogP contribution in [0.3, 0.4) is 0 Å². The van der Waals surface area contributed by atoms with Gasteiger partial charge in [0.1, 0.15) is 12.3 Å². The molecule has 0 aromatic heterocycles. The smallest absolute Gasteiger partial charge is 0.241 e. The summed E-state index contributed by atoms with van der Waals surface area (Å²) in [6.45, 7) is 7.16. The van der Waals surface area contributed by atoms with Gasteiger partial charge in [0.05, 0.1) is 13.7 Å². The predicted molar refractivity (Wildman–Crippen MR) is 140 cm³/mol. The lowest BCUT2D eigenvalue weighted by atomic mass is 9.75. The van der Waals surface area contributed by atoms with Gasteiger partial charge in [-0.2, -0.15) is 0 Å². The van der Waals surface area contributed by atoms with Gasteiger partial charge in [-0.3, -0.25) is 4.79 Å². The van der Waals surface area contributed by atoms with E-state index in [1.807, 2.05) is 48.5 Å². The average molecular weight is 489 g/mol. The molecule has 5 rings (SSSR count). The summed E-state index contributed by atoms with van der Waals surface area (Å²) in [5.74, 6) is 1.30. The van der Waals surface area contributed by atoms with E-state index in [1.165, 1.54) is 11.1 Å². The third kappa shape index (κ3) is 3.84. The molecule has 1 N–H and O–H groups in total. The Hall–Kier alpha value is -3.44. The number of hydrogen-bond acceptors (Lipinski definition) is 4. The normalized spacial score (nSPS) is 20.0. The number of ether oxygens (including phenoxy) is 2. The van der Waals surface area contributed by atoms with E-state index in [2.05, 4.69) is 55.3 Å². The molecular weight excluding hydrogens is 460 g/mol. The van der Waals surface area contributed by atoms with Gasteiger partial charge in [0.2, 0.25) is 5.91 Å². The van der Waals surface area contributed by atoms with Crippen LogP contribution in [-0.4, -0.2) is 25.2 Å². The van der Waals surface area contributed by atoms with Crippen molar-refractivity contribution in [3.8, 4) is 11.5 Å². The molecule has 5 nitrogen and oxygen atoms in total. The van der Waals surface area contributed by atoms with E-state index in [-0.39, 0.29) is 11.3 Å². The van der Waals surface area contributed by atoms with Gasteiger partial charge in [-0.15, -0.1) is 0 Å². The number of nitrogens with zero attached hydrogens (tertiary/aromatic N) is 1. The number of fused-ring (bicyclic) bond motifs is 3. The van der Waals surface area contributed by atoms with Crippen LogP contribution in [0.4, 0.5) is 5.69 Å². The second-order valence-corrected chi connectivity index (χ2v) is 10.1. The topological polar surface area (TPSA) is 50.8 Å². The molecule has 0 aliphatic carbocycles.